The second-order valence-corrected chi connectivity index (χ2v) is 6.83. The zero-order valence-corrected chi connectivity index (χ0v) is 17.1. The molecule has 2 heterocycles. The Morgan fingerprint density at radius 1 is 1.27 bits per heavy atom. The van der Waals surface area contributed by atoms with Crippen molar-refractivity contribution in [2.75, 3.05) is 19.0 Å². The van der Waals surface area contributed by atoms with Gasteiger partial charge in [0.25, 0.3) is 11.8 Å². The summed E-state index contributed by atoms with van der Waals surface area (Å²) in [5, 5.41) is 9.92. The number of nitrogens with one attached hydrogen (secondary N) is 3. The molecular weight excluding hydrogens is 391 g/mol. The summed E-state index contributed by atoms with van der Waals surface area (Å²) >= 11 is 0. The lowest BCUT2D eigenvalue weighted by Gasteiger charge is -2.13. The molecule has 0 aliphatic heterocycles. The zero-order valence-electron chi connectivity index (χ0n) is 17.1. The van der Waals surface area contributed by atoms with Gasteiger partial charge < -0.3 is 10.6 Å². The Morgan fingerprint density at radius 3 is 2.70 bits per heavy atom. The van der Waals surface area contributed by atoms with E-state index in [4.69, 9.17) is 0 Å². The van der Waals surface area contributed by atoms with Crippen LogP contribution in [0.5, 0.6) is 0 Å². The van der Waals surface area contributed by atoms with Crippen molar-refractivity contribution in [1.29, 1.82) is 0 Å². The number of carbonyl (C=O) groups excluding carboxylic acids is 2. The number of hydrogen-bond acceptors (Lipinski definition) is 6. The van der Waals surface area contributed by atoms with Crippen LogP contribution in [-0.2, 0) is 4.84 Å². The molecule has 0 fully saturated rings. The van der Waals surface area contributed by atoms with Crippen molar-refractivity contribution in [3.63, 3.8) is 0 Å². The largest absolute Gasteiger partial charge is 0.352 e. The van der Waals surface area contributed by atoms with Crippen LogP contribution in [0.4, 0.5) is 15.9 Å². The van der Waals surface area contributed by atoms with Crippen LogP contribution >= 0.6 is 0 Å². The van der Waals surface area contributed by atoms with E-state index in [1.165, 1.54) is 36.2 Å². The third-order valence-electron chi connectivity index (χ3n) is 4.45. The predicted molar refractivity (Wildman–Crippen MR) is 109 cm³/mol. The standard InChI is InChI=1S/C20H23FN6O3/c1-5-22-20(29)13-9-27-17(16(13)11(2)3)18(23-10-24-27)25-15-8-12(6-7-14(15)21)19(28)26-30-4/h6-11H,5H2,1-4H3,(H,22,29)(H,26,28)(H,23,24,25). The van der Waals surface area contributed by atoms with Crippen molar-refractivity contribution in [2.24, 2.45) is 0 Å². The Bertz CT molecular complexity index is 1100. The summed E-state index contributed by atoms with van der Waals surface area (Å²) in [6.07, 6.45) is 2.93. The fourth-order valence-electron chi connectivity index (χ4n) is 3.19. The normalized spacial score (nSPS) is 11.0. The summed E-state index contributed by atoms with van der Waals surface area (Å²) in [5.41, 5.74) is 4.21. The quantitative estimate of drug-likeness (QED) is 0.513. The average molecular weight is 414 g/mol. The van der Waals surface area contributed by atoms with Gasteiger partial charge in [0, 0.05) is 18.3 Å². The summed E-state index contributed by atoms with van der Waals surface area (Å²) < 4.78 is 16.0. The molecule has 9 nitrogen and oxygen atoms in total. The van der Waals surface area contributed by atoms with E-state index in [0.717, 1.165) is 5.56 Å². The highest BCUT2D eigenvalue weighted by Gasteiger charge is 2.23. The first kappa shape index (κ1) is 21.2. The summed E-state index contributed by atoms with van der Waals surface area (Å²) in [6, 6.07) is 3.87. The molecule has 0 atom stereocenters. The number of amides is 2. The van der Waals surface area contributed by atoms with Crippen molar-refractivity contribution in [3.8, 4) is 0 Å². The van der Waals surface area contributed by atoms with Crippen molar-refractivity contribution in [2.45, 2.75) is 26.7 Å². The molecule has 0 spiro atoms. The summed E-state index contributed by atoms with van der Waals surface area (Å²) in [4.78, 5) is 33.4. The molecule has 0 unspecified atom stereocenters. The van der Waals surface area contributed by atoms with Crippen molar-refractivity contribution in [1.82, 2.24) is 25.4 Å². The van der Waals surface area contributed by atoms with Gasteiger partial charge in [-0.3, -0.25) is 14.4 Å². The second-order valence-electron chi connectivity index (χ2n) is 6.83. The summed E-state index contributed by atoms with van der Waals surface area (Å²) in [5.74, 6) is -1.02. The molecule has 3 rings (SSSR count). The Labute approximate surface area is 172 Å². The first-order chi connectivity index (χ1) is 14.4. The maximum atomic E-state index is 14.5. The predicted octanol–water partition coefficient (Wildman–Crippen LogP) is 2.78. The van der Waals surface area contributed by atoms with E-state index in [0.29, 0.717) is 23.4 Å². The molecule has 0 radical (unpaired) electrons. The van der Waals surface area contributed by atoms with Crippen LogP contribution in [0.2, 0.25) is 0 Å². The minimum atomic E-state index is -0.567. The second kappa shape index (κ2) is 8.87. The number of hydrogen-bond donors (Lipinski definition) is 3. The third-order valence-corrected chi connectivity index (χ3v) is 4.45. The number of fused-ring (bicyclic) bond motifs is 1. The van der Waals surface area contributed by atoms with Gasteiger partial charge in [-0.2, -0.15) is 5.10 Å². The molecule has 3 N–H and O–H groups in total. The first-order valence-corrected chi connectivity index (χ1v) is 9.41. The molecule has 0 bridgehead atoms. The number of halogens is 1. The van der Waals surface area contributed by atoms with Gasteiger partial charge in [0.1, 0.15) is 17.7 Å². The molecule has 30 heavy (non-hydrogen) atoms. The lowest BCUT2D eigenvalue weighted by molar-refractivity contribution is 0.0537. The summed E-state index contributed by atoms with van der Waals surface area (Å²) in [6.45, 7) is 6.22. The lowest BCUT2D eigenvalue weighted by atomic mass is 9.99. The Morgan fingerprint density at radius 2 is 2.03 bits per heavy atom. The van der Waals surface area contributed by atoms with Gasteiger partial charge >= 0.3 is 0 Å². The molecule has 2 aromatic heterocycles. The maximum absolute atomic E-state index is 14.5. The Balaban J connectivity index is 2.10. The number of hydroxylamine groups is 1. The monoisotopic (exact) mass is 414 g/mol. The van der Waals surface area contributed by atoms with E-state index in [9.17, 15) is 14.0 Å². The lowest BCUT2D eigenvalue weighted by Crippen LogP contribution is -2.23. The molecule has 158 valence electrons. The number of carbonyl (C=O) groups is 2. The number of nitrogens with zero attached hydrogens (tertiary/aromatic N) is 3. The van der Waals surface area contributed by atoms with Crippen molar-refractivity contribution < 1.29 is 18.8 Å². The number of aromatic nitrogens is 3. The SMILES string of the molecule is CCNC(=O)c1cn2ncnc(Nc3cc(C(=O)NOC)ccc3F)c2c1C(C)C. The third kappa shape index (κ3) is 4.08. The van der Waals surface area contributed by atoms with E-state index in [2.05, 4.69) is 31.0 Å². The van der Waals surface area contributed by atoms with Crippen LogP contribution in [-0.4, -0.2) is 40.1 Å². The van der Waals surface area contributed by atoms with E-state index < -0.39 is 11.7 Å². The van der Waals surface area contributed by atoms with Crippen LogP contribution in [0.15, 0.2) is 30.7 Å². The molecule has 1 aromatic carbocycles. The van der Waals surface area contributed by atoms with Gasteiger partial charge in [-0.15, -0.1) is 0 Å². The molecule has 10 heteroatoms. The highest BCUT2D eigenvalue weighted by atomic mass is 19.1. The zero-order chi connectivity index (χ0) is 21.8. The smallest absolute Gasteiger partial charge is 0.274 e. The van der Waals surface area contributed by atoms with Crippen LogP contribution < -0.4 is 16.1 Å². The number of benzene rings is 1. The Kier molecular flexibility index (Phi) is 6.26. The van der Waals surface area contributed by atoms with Crippen LogP contribution in [0.1, 0.15) is 53.0 Å². The molecule has 0 saturated carbocycles. The molecule has 3 aromatic rings. The van der Waals surface area contributed by atoms with E-state index >= 15 is 0 Å². The maximum Gasteiger partial charge on any atom is 0.274 e. The van der Waals surface area contributed by atoms with Gasteiger partial charge in [0.05, 0.1) is 18.4 Å². The van der Waals surface area contributed by atoms with Gasteiger partial charge in [-0.1, -0.05) is 13.8 Å². The first-order valence-electron chi connectivity index (χ1n) is 9.41. The number of anilines is 2. The van der Waals surface area contributed by atoms with Crippen LogP contribution in [0.25, 0.3) is 5.52 Å². The minimum Gasteiger partial charge on any atom is -0.352 e. The Hall–Kier alpha value is -3.53. The highest BCUT2D eigenvalue weighted by molar-refractivity contribution is 6.00. The van der Waals surface area contributed by atoms with Crippen LogP contribution in [0, 0.1) is 5.82 Å². The number of rotatable bonds is 7. The fourth-order valence-corrected chi connectivity index (χ4v) is 3.19. The van der Waals surface area contributed by atoms with Crippen molar-refractivity contribution >= 4 is 28.8 Å². The van der Waals surface area contributed by atoms with Crippen LogP contribution in [0.3, 0.4) is 0 Å². The molecule has 0 aliphatic rings. The molecule has 2 amide bonds. The topological polar surface area (TPSA) is 110 Å². The summed E-state index contributed by atoms with van der Waals surface area (Å²) in [7, 11) is 1.31. The van der Waals surface area contributed by atoms with Gasteiger partial charge in [0.2, 0.25) is 0 Å². The fraction of sp³-hybridized carbons (Fsp3) is 0.300. The molecule has 0 aliphatic carbocycles. The molecular formula is C20H23FN6O3. The van der Waals surface area contributed by atoms with E-state index in [1.54, 1.807) is 6.20 Å². The van der Waals surface area contributed by atoms with E-state index in [-0.39, 0.29) is 23.1 Å². The average Bonchev–Trinajstić information content (AvgIpc) is 3.11. The van der Waals surface area contributed by atoms with Gasteiger partial charge in [-0.25, -0.2) is 19.4 Å². The van der Waals surface area contributed by atoms with E-state index in [1.807, 2.05) is 20.8 Å². The minimum absolute atomic E-state index is 0.0252. The van der Waals surface area contributed by atoms with Gasteiger partial charge in [0.15, 0.2) is 5.82 Å². The highest BCUT2D eigenvalue weighted by Crippen LogP contribution is 2.32. The van der Waals surface area contributed by atoms with Gasteiger partial charge in [-0.05, 0) is 36.6 Å². The van der Waals surface area contributed by atoms with Crippen molar-refractivity contribution in [3.05, 3.63) is 53.2 Å². The molecule has 0 saturated heterocycles.